The van der Waals surface area contributed by atoms with Crippen LogP contribution < -0.4 is 10.1 Å². The van der Waals surface area contributed by atoms with Gasteiger partial charge in [0.1, 0.15) is 0 Å². The zero-order chi connectivity index (χ0) is 12.8. The normalized spacial score (nSPS) is 15.1. The summed E-state index contributed by atoms with van der Waals surface area (Å²) in [6, 6.07) is 4.60. The summed E-state index contributed by atoms with van der Waals surface area (Å²) in [5.41, 5.74) is 0.983. The Balaban J connectivity index is 1.66. The summed E-state index contributed by atoms with van der Waals surface area (Å²) in [7, 11) is 0. The molecule has 4 heteroatoms. The highest BCUT2D eigenvalue weighted by molar-refractivity contribution is 5.11. The molecule has 0 spiro atoms. The van der Waals surface area contributed by atoms with E-state index < -0.39 is 0 Å². The lowest BCUT2D eigenvalue weighted by atomic mass is 10.1. The predicted octanol–water partition coefficient (Wildman–Crippen LogP) is 2.54. The first-order valence-electron chi connectivity index (χ1n) is 6.93. The first kappa shape index (κ1) is 13.3. The van der Waals surface area contributed by atoms with Crippen molar-refractivity contribution in [2.75, 3.05) is 6.61 Å². The Kier molecular flexibility index (Phi) is 4.93. The molecule has 1 aliphatic carbocycles. The first-order valence-corrected chi connectivity index (χ1v) is 6.93. The van der Waals surface area contributed by atoms with Gasteiger partial charge in [-0.3, -0.25) is 0 Å². The lowest BCUT2D eigenvalue weighted by molar-refractivity contribution is 0.283. The molecular formula is C14H23N3O. The van der Waals surface area contributed by atoms with Crippen molar-refractivity contribution in [2.45, 2.75) is 52.1 Å². The molecule has 1 aromatic rings. The Morgan fingerprint density at radius 2 is 2.17 bits per heavy atom. The average Bonchev–Trinajstić information content (AvgIpc) is 3.17. The van der Waals surface area contributed by atoms with E-state index in [0.717, 1.165) is 31.2 Å². The molecule has 0 unspecified atom stereocenters. The predicted molar refractivity (Wildman–Crippen MR) is 71.5 cm³/mol. The van der Waals surface area contributed by atoms with Crippen LogP contribution in [0, 0.1) is 5.92 Å². The molecule has 2 rings (SSSR count). The molecular weight excluding hydrogens is 226 g/mol. The van der Waals surface area contributed by atoms with Crippen LogP contribution >= 0.6 is 0 Å². The molecule has 0 aliphatic heterocycles. The number of ether oxygens (including phenoxy) is 1. The fourth-order valence-corrected chi connectivity index (χ4v) is 1.72. The quantitative estimate of drug-likeness (QED) is 0.719. The first-order chi connectivity index (χ1) is 8.74. The molecule has 1 heterocycles. The lowest BCUT2D eigenvalue weighted by Crippen LogP contribution is -2.16. The Labute approximate surface area is 109 Å². The fourth-order valence-electron chi connectivity index (χ4n) is 1.72. The Hall–Kier alpha value is -1.16. The summed E-state index contributed by atoms with van der Waals surface area (Å²) in [4.78, 5) is 0. The van der Waals surface area contributed by atoms with E-state index in [1.165, 1.54) is 19.3 Å². The van der Waals surface area contributed by atoms with Crippen molar-refractivity contribution >= 4 is 0 Å². The zero-order valence-electron chi connectivity index (χ0n) is 11.4. The van der Waals surface area contributed by atoms with Gasteiger partial charge in [-0.1, -0.05) is 13.8 Å². The van der Waals surface area contributed by atoms with Gasteiger partial charge in [-0.15, -0.1) is 5.10 Å². The molecule has 0 atom stereocenters. The zero-order valence-corrected chi connectivity index (χ0v) is 11.4. The summed E-state index contributed by atoms with van der Waals surface area (Å²) in [5, 5.41) is 11.7. The molecule has 100 valence electrons. The molecule has 4 nitrogen and oxygen atoms in total. The Morgan fingerprint density at radius 3 is 2.78 bits per heavy atom. The van der Waals surface area contributed by atoms with E-state index in [0.29, 0.717) is 11.9 Å². The summed E-state index contributed by atoms with van der Waals surface area (Å²) >= 11 is 0. The van der Waals surface area contributed by atoms with Crippen LogP contribution in [0.4, 0.5) is 0 Å². The summed E-state index contributed by atoms with van der Waals surface area (Å²) in [6.45, 7) is 5.99. The van der Waals surface area contributed by atoms with Gasteiger partial charge in [-0.25, -0.2) is 0 Å². The van der Waals surface area contributed by atoms with E-state index in [1.54, 1.807) is 0 Å². The third kappa shape index (κ3) is 5.00. The molecule has 1 fully saturated rings. The largest absolute Gasteiger partial charge is 0.477 e. The van der Waals surface area contributed by atoms with Crippen molar-refractivity contribution in [3.63, 3.8) is 0 Å². The minimum atomic E-state index is 0.633. The molecule has 0 saturated heterocycles. The van der Waals surface area contributed by atoms with Crippen LogP contribution in [0.15, 0.2) is 12.1 Å². The van der Waals surface area contributed by atoms with Crippen LogP contribution in [0.5, 0.6) is 5.88 Å². The fraction of sp³-hybridized carbons (Fsp3) is 0.714. The Bertz CT molecular complexity index is 347. The van der Waals surface area contributed by atoms with Gasteiger partial charge in [0.2, 0.25) is 5.88 Å². The van der Waals surface area contributed by atoms with Gasteiger partial charge in [-0.05, 0) is 37.7 Å². The van der Waals surface area contributed by atoms with Gasteiger partial charge in [0, 0.05) is 18.7 Å². The van der Waals surface area contributed by atoms with Crippen molar-refractivity contribution in [2.24, 2.45) is 5.92 Å². The van der Waals surface area contributed by atoms with Crippen LogP contribution in [0.2, 0.25) is 0 Å². The van der Waals surface area contributed by atoms with Gasteiger partial charge in [-0.2, -0.15) is 5.10 Å². The average molecular weight is 249 g/mol. The van der Waals surface area contributed by atoms with Gasteiger partial charge in [0.15, 0.2) is 0 Å². The second kappa shape index (κ2) is 6.69. The van der Waals surface area contributed by atoms with Gasteiger partial charge < -0.3 is 10.1 Å². The van der Waals surface area contributed by atoms with Crippen molar-refractivity contribution in [3.8, 4) is 5.88 Å². The second-order valence-electron chi connectivity index (χ2n) is 5.40. The van der Waals surface area contributed by atoms with E-state index in [9.17, 15) is 0 Å². The van der Waals surface area contributed by atoms with Crippen LogP contribution in [-0.4, -0.2) is 22.8 Å². The standard InChI is InChI=1S/C14H23N3O/c1-11(2)4-3-9-18-14-8-7-13(16-17-14)10-15-12-5-6-12/h7-8,11-12,15H,3-6,9-10H2,1-2H3. The highest BCUT2D eigenvalue weighted by Gasteiger charge is 2.20. The molecule has 1 aromatic heterocycles. The van der Waals surface area contributed by atoms with Crippen LogP contribution in [0.1, 0.15) is 45.2 Å². The van der Waals surface area contributed by atoms with Crippen LogP contribution in [0.25, 0.3) is 0 Å². The van der Waals surface area contributed by atoms with E-state index in [-0.39, 0.29) is 0 Å². The second-order valence-corrected chi connectivity index (χ2v) is 5.40. The summed E-state index contributed by atoms with van der Waals surface area (Å²) in [6.07, 6.45) is 4.86. The monoisotopic (exact) mass is 249 g/mol. The maximum Gasteiger partial charge on any atom is 0.233 e. The van der Waals surface area contributed by atoms with Crippen LogP contribution in [0.3, 0.4) is 0 Å². The topological polar surface area (TPSA) is 47.0 Å². The Morgan fingerprint density at radius 1 is 1.33 bits per heavy atom. The SMILES string of the molecule is CC(C)CCCOc1ccc(CNC2CC2)nn1. The van der Waals surface area contributed by atoms with Gasteiger partial charge >= 0.3 is 0 Å². The smallest absolute Gasteiger partial charge is 0.233 e. The maximum absolute atomic E-state index is 5.56. The third-order valence-corrected chi connectivity index (χ3v) is 3.02. The molecule has 0 radical (unpaired) electrons. The van der Waals surface area contributed by atoms with Gasteiger partial charge in [0.05, 0.1) is 12.3 Å². The minimum Gasteiger partial charge on any atom is -0.477 e. The van der Waals surface area contributed by atoms with E-state index in [4.69, 9.17) is 4.74 Å². The number of aromatic nitrogens is 2. The summed E-state index contributed by atoms with van der Waals surface area (Å²) in [5.74, 6) is 1.37. The highest BCUT2D eigenvalue weighted by Crippen LogP contribution is 2.19. The molecule has 1 aliphatic rings. The number of nitrogens with one attached hydrogen (secondary N) is 1. The van der Waals surface area contributed by atoms with Crippen molar-refractivity contribution in [3.05, 3.63) is 17.8 Å². The molecule has 0 amide bonds. The number of nitrogens with zero attached hydrogens (tertiary/aromatic N) is 2. The number of hydrogen-bond donors (Lipinski definition) is 1. The molecule has 1 N–H and O–H groups in total. The number of rotatable bonds is 8. The lowest BCUT2D eigenvalue weighted by Gasteiger charge is -2.07. The van der Waals surface area contributed by atoms with Crippen molar-refractivity contribution in [1.29, 1.82) is 0 Å². The molecule has 0 bridgehead atoms. The molecule has 18 heavy (non-hydrogen) atoms. The van der Waals surface area contributed by atoms with Gasteiger partial charge in [0.25, 0.3) is 0 Å². The van der Waals surface area contributed by atoms with Crippen LogP contribution in [-0.2, 0) is 6.54 Å². The van der Waals surface area contributed by atoms with E-state index in [1.807, 2.05) is 12.1 Å². The van der Waals surface area contributed by atoms with Crippen molar-refractivity contribution in [1.82, 2.24) is 15.5 Å². The maximum atomic E-state index is 5.56. The number of hydrogen-bond acceptors (Lipinski definition) is 4. The highest BCUT2D eigenvalue weighted by atomic mass is 16.5. The van der Waals surface area contributed by atoms with Crippen molar-refractivity contribution < 1.29 is 4.74 Å². The molecule has 1 saturated carbocycles. The minimum absolute atomic E-state index is 0.633. The molecule has 0 aromatic carbocycles. The third-order valence-electron chi connectivity index (χ3n) is 3.02. The van der Waals surface area contributed by atoms with E-state index in [2.05, 4.69) is 29.4 Å². The van der Waals surface area contributed by atoms with E-state index >= 15 is 0 Å². The summed E-state index contributed by atoms with van der Waals surface area (Å²) < 4.78 is 5.56.